The highest BCUT2D eigenvalue weighted by Gasteiger charge is 2.07. The lowest BCUT2D eigenvalue weighted by Gasteiger charge is -2.22. The standard InChI is InChI=1S/C17H21N3O2/c21-17(22)19-9-4-12-20(13-15-5-2-1-3-6-15)14-16-7-10-18-11-8-16/h1-3,5-8,10-11,19H,4,9,12-14H2,(H,21,22). The lowest BCUT2D eigenvalue weighted by molar-refractivity contribution is 0.192. The molecule has 0 fully saturated rings. The first kappa shape index (κ1) is 16.0. The van der Waals surface area contributed by atoms with E-state index in [1.165, 1.54) is 11.1 Å². The molecule has 1 aromatic heterocycles. The highest BCUT2D eigenvalue weighted by molar-refractivity contribution is 5.64. The Labute approximate surface area is 130 Å². The van der Waals surface area contributed by atoms with Crippen molar-refractivity contribution < 1.29 is 9.90 Å². The summed E-state index contributed by atoms with van der Waals surface area (Å²) in [6.45, 7) is 2.97. The maximum atomic E-state index is 10.5. The van der Waals surface area contributed by atoms with Gasteiger partial charge in [-0.25, -0.2) is 4.79 Å². The van der Waals surface area contributed by atoms with Gasteiger partial charge in [-0.15, -0.1) is 0 Å². The van der Waals surface area contributed by atoms with Crippen molar-refractivity contribution in [3.8, 4) is 0 Å². The largest absolute Gasteiger partial charge is 0.465 e. The van der Waals surface area contributed by atoms with E-state index < -0.39 is 6.09 Å². The quantitative estimate of drug-likeness (QED) is 0.736. The van der Waals surface area contributed by atoms with Crippen molar-refractivity contribution in [2.75, 3.05) is 13.1 Å². The van der Waals surface area contributed by atoms with Crippen molar-refractivity contribution >= 4 is 6.09 Å². The number of nitrogens with one attached hydrogen (secondary N) is 1. The van der Waals surface area contributed by atoms with E-state index >= 15 is 0 Å². The van der Waals surface area contributed by atoms with Gasteiger partial charge in [0.05, 0.1) is 0 Å². The number of pyridine rings is 1. The van der Waals surface area contributed by atoms with E-state index in [1.54, 1.807) is 12.4 Å². The SMILES string of the molecule is O=C(O)NCCCN(Cc1ccccc1)Cc1ccncc1. The smallest absolute Gasteiger partial charge is 0.404 e. The van der Waals surface area contributed by atoms with Gasteiger partial charge in [-0.1, -0.05) is 30.3 Å². The van der Waals surface area contributed by atoms with Gasteiger partial charge in [-0.2, -0.15) is 0 Å². The zero-order valence-corrected chi connectivity index (χ0v) is 12.5. The van der Waals surface area contributed by atoms with E-state index in [0.29, 0.717) is 6.54 Å². The molecule has 5 nitrogen and oxygen atoms in total. The van der Waals surface area contributed by atoms with Gasteiger partial charge < -0.3 is 10.4 Å². The normalized spacial score (nSPS) is 10.6. The number of benzene rings is 1. The van der Waals surface area contributed by atoms with E-state index in [-0.39, 0.29) is 0 Å². The molecule has 1 heterocycles. The Balaban J connectivity index is 1.92. The van der Waals surface area contributed by atoms with E-state index in [4.69, 9.17) is 5.11 Å². The van der Waals surface area contributed by atoms with Crippen LogP contribution in [0.5, 0.6) is 0 Å². The van der Waals surface area contributed by atoms with Gasteiger partial charge in [0.15, 0.2) is 0 Å². The molecule has 1 aromatic carbocycles. The summed E-state index contributed by atoms with van der Waals surface area (Å²) < 4.78 is 0. The Kier molecular flexibility index (Phi) is 6.39. The van der Waals surface area contributed by atoms with Crippen molar-refractivity contribution in [3.05, 3.63) is 66.0 Å². The van der Waals surface area contributed by atoms with E-state index in [9.17, 15) is 4.79 Å². The van der Waals surface area contributed by atoms with Crippen LogP contribution in [0, 0.1) is 0 Å². The molecule has 0 unspecified atom stereocenters. The fraction of sp³-hybridized carbons (Fsp3) is 0.294. The van der Waals surface area contributed by atoms with E-state index in [2.05, 4.69) is 27.3 Å². The van der Waals surface area contributed by atoms with Gasteiger partial charge in [-0.05, 0) is 29.7 Å². The first-order valence-electron chi connectivity index (χ1n) is 7.36. The van der Waals surface area contributed by atoms with Gasteiger partial charge >= 0.3 is 6.09 Å². The van der Waals surface area contributed by atoms with Crippen LogP contribution in [0.3, 0.4) is 0 Å². The maximum absolute atomic E-state index is 10.5. The predicted molar refractivity (Wildman–Crippen MR) is 85.4 cm³/mol. The van der Waals surface area contributed by atoms with E-state index in [0.717, 1.165) is 26.1 Å². The van der Waals surface area contributed by atoms with Crippen LogP contribution < -0.4 is 5.32 Å². The Hall–Kier alpha value is -2.40. The molecule has 1 amide bonds. The second kappa shape index (κ2) is 8.79. The summed E-state index contributed by atoms with van der Waals surface area (Å²) in [6, 6.07) is 14.3. The fourth-order valence-corrected chi connectivity index (χ4v) is 2.30. The molecule has 5 heteroatoms. The molecule has 0 bridgehead atoms. The lowest BCUT2D eigenvalue weighted by atomic mass is 10.2. The van der Waals surface area contributed by atoms with Crippen molar-refractivity contribution in [1.82, 2.24) is 15.2 Å². The van der Waals surface area contributed by atoms with E-state index in [1.807, 2.05) is 30.3 Å². The molecule has 0 aliphatic heterocycles. The number of carbonyl (C=O) groups is 1. The van der Waals surface area contributed by atoms with Gasteiger partial charge in [0, 0.05) is 38.6 Å². The molecule has 0 atom stereocenters. The van der Waals surface area contributed by atoms with Crippen LogP contribution >= 0.6 is 0 Å². The summed E-state index contributed by atoms with van der Waals surface area (Å²) in [5, 5.41) is 11.0. The number of amides is 1. The fourth-order valence-electron chi connectivity index (χ4n) is 2.30. The van der Waals surface area contributed by atoms with Crippen molar-refractivity contribution in [2.24, 2.45) is 0 Å². The topological polar surface area (TPSA) is 65.5 Å². The second-order valence-electron chi connectivity index (χ2n) is 5.14. The number of hydrogen-bond acceptors (Lipinski definition) is 3. The average Bonchev–Trinajstić information content (AvgIpc) is 2.53. The minimum atomic E-state index is -0.969. The summed E-state index contributed by atoms with van der Waals surface area (Å²) in [4.78, 5) is 16.8. The van der Waals surface area contributed by atoms with Crippen LogP contribution in [-0.2, 0) is 13.1 Å². The third kappa shape index (κ3) is 5.93. The van der Waals surface area contributed by atoms with Gasteiger partial charge in [0.2, 0.25) is 0 Å². The highest BCUT2D eigenvalue weighted by Crippen LogP contribution is 2.09. The predicted octanol–water partition coefficient (Wildman–Crippen LogP) is 2.74. The Morgan fingerprint density at radius 2 is 1.68 bits per heavy atom. The molecular formula is C17H21N3O2. The molecule has 0 saturated heterocycles. The average molecular weight is 299 g/mol. The summed E-state index contributed by atoms with van der Waals surface area (Å²) in [5.74, 6) is 0. The monoisotopic (exact) mass is 299 g/mol. The highest BCUT2D eigenvalue weighted by atomic mass is 16.4. The molecule has 0 radical (unpaired) electrons. The molecule has 2 aromatic rings. The van der Waals surface area contributed by atoms with Crippen molar-refractivity contribution in [3.63, 3.8) is 0 Å². The summed E-state index contributed by atoms with van der Waals surface area (Å²) in [5.41, 5.74) is 2.46. The van der Waals surface area contributed by atoms with Crippen LogP contribution in [0.2, 0.25) is 0 Å². The first-order valence-corrected chi connectivity index (χ1v) is 7.36. The lowest BCUT2D eigenvalue weighted by Crippen LogP contribution is -2.28. The third-order valence-corrected chi connectivity index (χ3v) is 3.33. The number of aromatic nitrogens is 1. The zero-order chi connectivity index (χ0) is 15.6. The molecule has 0 aliphatic rings. The van der Waals surface area contributed by atoms with Gasteiger partial charge in [-0.3, -0.25) is 9.88 Å². The molecule has 0 saturated carbocycles. The van der Waals surface area contributed by atoms with Crippen LogP contribution in [0.1, 0.15) is 17.5 Å². The van der Waals surface area contributed by atoms with Crippen molar-refractivity contribution in [1.29, 1.82) is 0 Å². The van der Waals surface area contributed by atoms with Crippen LogP contribution in [0.15, 0.2) is 54.9 Å². The third-order valence-electron chi connectivity index (χ3n) is 3.33. The van der Waals surface area contributed by atoms with Crippen LogP contribution in [0.4, 0.5) is 4.79 Å². The molecule has 0 aliphatic carbocycles. The van der Waals surface area contributed by atoms with Crippen LogP contribution in [0.25, 0.3) is 0 Å². The minimum absolute atomic E-state index is 0.469. The maximum Gasteiger partial charge on any atom is 0.404 e. The Morgan fingerprint density at radius 3 is 2.32 bits per heavy atom. The van der Waals surface area contributed by atoms with Gasteiger partial charge in [0.25, 0.3) is 0 Å². The zero-order valence-electron chi connectivity index (χ0n) is 12.5. The summed E-state index contributed by atoms with van der Waals surface area (Å²) >= 11 is 0. The molecule has 2 N–H and O–H groups in total. The number of rotatable bonds is 8. The Bertz CT molecular complexity index is 519. The molecular weight excluding hydrogens is 278 g/mol. The number of carboxylic acid groups (broad SMARTS) is 1. The molecule has 0 spiro atoms. The van der Waals surface area contributed by atoms with Gasteiger partial charge in [0.1, 0.15) is 0 Å². The molecule has 2 rings (SSSR count). The summed E-state index contributed by atoms with van der Waals surface area (Å²) in [6.07, 6.45) is 3.40. The number of nitrogens with zero attached hydrogens (tertiary/aromatic N) is 2. The first-order chi connectivity index (χ1) is 10.7. The van der Waals surface area contributed by atoms with Crippen molar-refractivity contribution in [2.45, 2.75) is 19.5 Å². The summed E-state index contributed by atoms with van der Waals surface area (Å²) in [7, 11) is 0. The second-order valence-corrected chi connectivity index (χ2v) is 5.14. The number of hydrogen-bond donors (Lipinski definition) is 2. The molecule has 116 valence electrons. The van der Waals surface area contributed by atoms with Crippen LogP contribution in [-0.4, -0.2) is 34.2 Å². The molecule has 22 heavy (non-hydrogen) atoms. The minimum Gasteiger partial charge on any atom is -0.465 e. The Morgan fingerprint density at radius 1 is 1.05 bits per heavy atom.